The summed E-state index contributed by atoms with van der Waals surface area (Å²) in [6, 6.07) is 9.90. The lowest BCUT2D eigenvalue weighted by molar-refractivity contribution is 0.289. The van der Waals surface area contributed by atoms with Gasteiger partial charge in [-0.25, -0.2) is 0 Å². The molecular weight excluding hydrogens is 280 g/mol. The highest BCUT2D eigenvalue weighted by molar-refractivity contribution is 9.10. The molecule has 0 aliphatic carbocycles. The quantitative estimate of drug-likeness (QED) is 0.869. The lowest BCUT2D eigenvalue weighted by Gasteiger charge is -2.06. The van der Waals surface area contributed by atoms with E-state index in [1.165, 1.54) is 0 Å². The second-order valence-corrected chi connectivity index (χ2v) is 4.79. The maximum absolute atomic E-state index is 5.59. The molecule has 0 unspecified atom stereocenters. The van der Waals surface area contributed by atoms with E-state index in [0.717, 1.165) is 21.3 Å². The monoisotopic (exact) mass is 292 g/mol. The molecule has 1 aromatic heterocycles. The molecule has 1 aromatic carbocycles. The Hall–Kier alpha value is -1.42. The Morgan fingerprint density at radius 2 is 2.00 bits per heavy atom. The van der Waals surface area contributed by atoms with Gasteiger partial charge in [0.1, 0.15) is 6.61 Å². The van der Waals surface area contributed by atoms with Gasteiger partial charge in [-0.15, -0.1) is 5.10 Å². The highest BCUT2D eigenvalue weighted by Gasteiger charge is 2.01. The van der Waals surface area contributed by atoms with Crippen LogP contribution in [0.2, 0.25) is 0 Å². The topological polar surface area (TPSA) is 35.0 Å². The molecule has 0 radical (unpaired) electrons. The molecule has 4 heteroatoms. The number of aryl methyl sites for hydroxylation is 2. The summed E-state index contributed by atoms with van der Waals surface area (Å²) in [7, 11) is 0. The third-order valence-electron chi connectivity index (χ3n) is 2.48. The van der Waals surface area contributed by atoms with Crippen LogP contribution in [0.5, 0.6) is 5.88 Å². The Kier molecular flexibility index (Phi) is 3.74. The Bertz CT molecular complexity index is 529. The van der Waals surface area contributed by atoms with Gasteiger partial charge < -0.3 is 4.74 Å². The molecule has 2 rings (SSSR count). The van der Waals surface area contributed by atoms with Crippen molar-refractivity contribution in [2.24, 2.45) is 0 Å². The van der Waals surface area contributed by atoms with Crippen molar-refractivity contribution in [1.29, 1.82) is 0 Å². The summed E-state index contributed by atoms with van der Waals surface area (Å²) >= 11 is 3.43. The number of hydrogen-bond donors (Lipinski definition) is 0. The van der Waals surface area contributed by atoms with Crippen LogP contribution in [0.25, 0.3) is 0 Å². The van der Waals surface area contributed by atoms with Gasteiger partial charge in [-0.2, -0.15) is 5.10 Å². The zero-order valence-electron chi connectivity index (χ0n) is 9.77. The van der Waals surface area contributed by atoms with Crippen molar-refractivity contribution in [3.63, 3.8) is 0 Å². The Labute approximate surface area is 109 Å². The second kappa shape index (κ2) is 5.27. The molecular formula is C13H13BrN2O. The van der Waals surface area contributed by atoms with Crippen LogP contribution in [0.15, 0.2) is 34.8 Å². The van der Waals surface area contributed by atoms with Gasteiger partial charge in [0.2, 0.25) is 5.88 Å². The highest BCUT2D eigenvalue weighted by atomic mass is 79.9. The summed E-state index contributed by atoms with van der Waals surface area (Å²) in [5.74, 6) is 0.563. The third kappa shape index (κ3) is 3.27. The molecule has 1 heterocycles. The molecule has 0 aliphatic rings. The second-order valence-electron chi connectivity index (χ2n) is 3.87. The summed E-state index contributed by atoms with van der Waals surface area (Å²) in [5.41, 5.74) is 3.11. The summed E-state index contributed by atoms with van der Waals surface area (Å²) in [6.45, 7) is 4.42. The van der Waals surface area contributed by atoms with Crippen LogP contribution in [0.3, 0.4) is 0 Å². The van der Waals surface area contributed by atoms with Gasteiger partial charge >= 0.3 is 0 Å². The first-order valence-electron chi connectivity index (χ1n) is 5.33. The van der Waals surface area contributed by atoms with Crippen molar-refractivity contribution < 1.29 is 4.74 Å². The first-order chi connectivity index (χ1) is 8.15. The van der Waals surface area contributed by atoms with Crippen LogP contribution in [-0.2, 0) is 6.61 Å². The fourth-order valence-electron chi connectivity index (χ4n) is 1.38. The minimum absolute atomic E-state index is 0.497. The van der Waals surface area contributed by atoms with Crippen LogP contribution in [0, 0.1) is 13.8 Å². The first kappa shape index (κ1) is 12.0. The van der Waals surface area contributed by atoms with Crippen molar-refractivity contribution in [2.75, 3.05) is 0 Å². The van der Waals surface area contributed by atoms with Crippen LogP contribution in [-0.4, -0.2) is 10.2 Å². The van der Waals surface area contributed by atoms with E-state index in [9.17, 15) is 0 Å². The van der Waals surface area contributed by atoms with E-state index in [1.54, 1.807) is 0 Å². The van der Waals surface area contributed by atoms with Gasteiger partial charge in [0.25, 0.3) is 0 Å². The van der Waals surface area contributed by atoms with Gasteiger partial charge in [0.15, 0.2) is 0 Å². The molecule has 0 amide bonds. The molecule has 0 spiro atoms. The van der Waals surface area contributed by atoms with Crippen molar-refractivity contribution in [3.05, 3.63) is 51.6 Å². The first-order valence-corrected chi connectivity index (χ1v) is 6.12. The standard InChI is InChI=1S/C13H13BrN2O/c1-9-6-13(16-15-10(9)2)17-8-11-4-3-5-12(14)7-11/h3-7H,8H2,1-2H3. The van der Waals surface area contributed by atoms with E-state index in [0.29, 0.717) is 12.5 Å². The van der Waals surface area contributed by atoms with E-state index in [-0.39, 0.29) is 0 Å². The maximum Gasteiger partial charge on any atom is 0.233 e. The summed E-state index contributed by atoms with van der Waals surface area (Å²) in [4.78, 5) is 0. The fourth-order valence-corrected chi connectivity index (χ4v) is 1.82. The van der Waals surface area contributed by atoms with E-state index in [1.807, 2.05) is 44.2 Å². The summed E-state index contributed by atoms with van der Waals surface area (Å²) in [6.07, 6.45) is 0. The van der Waals surface area contributed by atoms with E-state index >= 15 is 0 Å². The lowest BCUT2D eigenvalue weighted by Crippen LogP contribution is -2.00. The smallest absolute Gasteiger partial charge is 0.233 e. The van der Waals surface area contributed by atoms with Crippen molar-refractivity contribution in [3.8, 4) is 5.88 Å². The van der Waals surface area contributed by atoms with Crippen molar-refractivity contribution >= 4 is 15.9 Å². The molecule has 0 fully saturated rings. The highest BCUT2D eigenvalue weighted by Crippen LogP contribution is 2.15. The minimum Gasteiger partial charge on any atom is -0.472 e. The largest absolute Gasteiger partial charge is 0.472 e. The molecule has 0 aliphatic heterocycles. The van der Waals surface area contributed by atoms with Gasteiger partial charge in [-0.05, 0) is 37.1 Å². The Morgan fingerprint density at radius 3 is 2.71 bits per heavy atom. The van der Waals surface area contributed by atoms with Gasteiger partial charge in [-0.3, -0.25) is 0 Å². The van der Waals surface area contributed by atoms with E-state index < -0.39 is 0 Å². The zero-order chi connectivity index (χ0) is 12.3. The Balaban J connectivity index is 2.05. The number of aromatic nitrogens is 2. The maximum atomic E-state index is 5.59. The van der Waals surface area contributed by atoms with Crippen molar-refractivity contribution in [2.45, 2.75) is 20.5 Å². The number of nitrogens with zero attached hydrogens (tertiary/aromatic N) is 2. The average molecular weight is 293 g/mol. The summed E-state index contributed by atoms with van der Waals surface area (Å²) < 4.78 is 6.63. The molecule has 2 aromatic rings. The number of rotatable bonds is 3. The van der Waals surface area contributed by atoms with Gasteiger partial charge in [0, 0.05) is 10.5 Å². The van der Waals surface area contributed by atoms with Gasteiger partial charge in [-0.1, -0.05) is 28.1 Å². The molecule has 3 nitrogen and oxygen atoms in total. The average Bonchev–Trinajstić information content (AvgIpc) is 2.31. The van der Waals surface area contributed by atoms with E-state index in [4.69, 9.17) is 4.74 Å². The van der Waals surface area contributed by atoms with Crippen LogP contribution in [0.1, 0.15) is 16.8 Å². The number of halogens is 1. The predicted molar refractivity (Wildman–Crippen MR) is 70.0 cm³/mol. The fraction of sp³-hybridized carbons (Fsp3) is 0.231. The Morgan fingerprint density at radius 1 is 1.18 bits per heavy atom. The van der Waals surface area contributed by atoms with Crippen LogP contribution in [0.4, 0.5) is 0 Å². The van der Waals surface area contributed by atoms with Gasteiger partial charge in [0.05, 0.1) is 5.69 Å². The SMILES string of the molecule is Cc1cc(OCc2cccc(Br)c2)nnc1C. The molecule has 88 valence electrons. The molecule has 0 bridgehead atoms. The predicted octanol–water partition coefficient (Wildman–Crippen LogP) is 3.43. The van der Waals surface area contributed by atoms with Crippen LogP contribution < -0.4 is 4.74 Å². The molecule has 0 N–H and O–H groups in total. The lowest BCUT2D eigenvalue weighted by atomic mass is 10.2. The molecule has 0 saturated carbocycles. The molecule has 0 saturated heterocycles. The molecule has 0 atom stereocenters. The summed E-state index contributed by atoms with van der Waals surface area (Å²) in [5, 5.41) is 8.02. The number of ether oxygens (including phenoxy) is 1. The molecule has 17 heavy (non-hydrogen) atoms. The third-order valence-corrected chi connectivity index (χ3v) is 2.98. The minimum atomic E-state index is 0.497. The normalized spacial score (nSPS) is 10.3. The zero-order valence-corrected chi connectivity index (χ0v) is 11.4. The number of hydrogen-bond acceptors (Lipinski definition) is 3. The van der Waals surface area contributed by atoms with Crippen LogP contribution >= 0.6 is 15.9 Å². The number of benzene rings is 1. The van der Waals surface area contributed by atoms with E-state index in [2.05, 4.69) is 26.1 Å². The van der Waals surface area contributed by atoms with Crippen molar-refractivity contribution in [1.82, 2.24) is 10.2 Å².